The average Bonchev–Trinajstić information content (AvgIpc) is 3.81. The molecule has 0 fully saturated rings. The van der Waals surface area contributed by atoms with Crippen LogP contribution in [0.3, 0.4) is 0 Å². The fourth-order valence-corrected chi connectivity index (χ4v) is 7.58. The van der Waals surface area contributed by atoms with Crippen molar-refractivity contribution in [2.75, 3.05) is 0 Å². The van der Waals surface area contributed by atoms with E-state index < -0.39 is 0 Å². The van der Waals surface area contributed by atoms with Crippen molar-refractivity contribution in [3.63, 3.8) is 0 Å². The lowest BCUT2D eigenvalue weighted by molar-refractivity contribution is 0.620. The molecule has 3 heteroatoms. The number of benzene rings is 8. The van der Waals surface area contributed by atoms with Crippen LogP contribution in [0.15, 0.2) is 199 Å². The number of nitrogens with zero attached hydrogens (tertiary/aromatic N) is 2. The molecule has 0 saturated carbocycles. The van der Waals surface area contributed by atoms with E-state index in [9.17, 15) is 0 Å². The molecule has 0 spiro atoms. The van der Waals surface area contributed by atoms with Gasteiger partial charge in [0.2, 0.25) is 5.89 Å². The minimum absolute atomic E-state index is 0.620. The molecule has 8 aromatic carbocycles. The van der Waals surface area contributed by atoms with E-state index in [0.717, 1.165) is 39.0 Å². The minimum Gasteiger partial charge on any atom is -0.436 e. The molecule has 52 heavy (non-hydrogen) atoms. The molecule has 0 aliphatic heterocycles. The third-order valence-corrected chi connectivity index (χ3v) is 10.1. The minimum atomic E-state index is 0.620. The second kappa shape index (κ2) is 12.4. The van der Waals surface area contributed by atoms with Gasteiger partial charge in [-0.3, -0.25) is 0 Å². The number of hydrogen-bond acceptors (Lipinski definition) is 2. The fourth-order valence-electron chi connectivity index (χ4n) is 7.58. The van der Waals surface area contributed by atoms with Gasteiger partial charge in [-0.05, 0) is 93.0 Å². The van der Waals surface area contributed by atoms with Gasteiger partial charge in [0.15, 0.2) is 5.58 Å². The maximum Gasteiger partial charge on any atom is 0.227 e. The Balaban J connectivity index is 0.983. The lowest BCUT2D eigenvalue weighted by atomic mass is 9.89. The first-order chi connectivity index (χ1) is 25.8. The van der Waals surface area contributed by atoms with Gasteiger partial charge in [-0.2, -0.15) is 0 Å². The van der Waals surface area contributed by atoms with Gasteiger partial charge in [-0.15, -0.1) is 0 Å². The molecule has 0 radical (unpaired) electrons. The van der Waals surface area contributed by atoms with E-state index in [0.29, 0.717) is 5.89 Å². The van der Waals surface area contributed by atoms with Gasteiger partial charge in [-0.25, -0.2) is 4.98 Å². The van der Waals surface area contributed by atoms with Crippen LogP contribution < -0.4 is 0 Å². The van der Waals surface area contributed by atoms with Crippen molar-refractivity contribution in [3.05, 3.63) is 194 Å². The largest absolute Gasteiger partial charge is 0.436 e. The second-order valence-corrected chi connectivity index (χ2v) is 13.2. The average molecular weight is 665 g/mol. The van der Waals surface area contributed by atoms with Gasteiger partial charge >= 0.3 is 0 Å². The molecule has 0 bridgehead atoms. The number of para-hydroxylation sites is 2. The Kier molecular flexibility index (Phi) is 7.14. The van der Waals surface area contributed by atoms with Gasteiger partial charge in [0.1, 0.15) is 5.52 Å². The summed E-state index contributed by atoms with van der Waals surface area (Å²) in [6, 6.07) is 68.7. The van der Waals surface area contributed by atoms with E-state index in [2.05, 4.69) is 187 Å². The van der Waals surface area contributed by atoms with E-state index in [4.69, 9.17) is 9.40 Å². The molecular formula is C49H32N2O. The zero-order chi connectivity index (χ0) is 34.4. The van der Waals surface area contributed by atoms with Crippen LogP contribution in [-0.2, 0) is 0 Å². The summed E-state index contributed by atoms with van der Waals surface area (Å²) in [5, 5.41) is 2.53. The van der Waals surface area contributed by atoms with E-state index in [1.165, 1.54) is 49.6 Å². The summed E-state index contributed by atoms with van der Waals surface area (Å²) in [5.74, 6) is 0.620. The summed E-state index contributed by atoms with van der Waals surface area (Å²) < 4.78 is 8.64. The van der Waals surface area contributed by atoms with E-state index >= 15 is 0 Å². The quantitative estimate of drug-likeness (QED) is 0.177. The van der Waals surface area contributed by atoms with Crippen molar-refractivity contribution < 1.29 is 4.42 Å². The van der Waals surface area contributed by atoms with Crippen LogP contribution in [0, 0.1) is 0 Å². The zero-order valence-corrected chi connectivity index (χ0v) is 28.3. The Morgan fingerprint density at radius 1 is 0.365 bits per heavy atom. The van der Waals surface area contributed by atoms with Crippen molar-refractivity contribution in [2.45, 2.75) is 0 Å². The monoisotopic (exact) mass is 664 g/mol. The van der Waals surface area contributed by atoms with Crippen LogP contribution in [0.2, 0.25) is 0 Å². The molecule has 0 N–H and O–H groups in total. The standard InChI is InChI=1S/C49H32N2O/c1-2-12-33(13-3-1)37-28-31-45-48(32-37)52-49(50-45)36-24-22-34(23-25-36)39-14-4-6-16-41(39)42-17-7-5-15-40(42)35-26-29-38(30-27-35)51-46-20-10-8-18-43(46)44-19-9-11-21-47(44)51/h1-32H. The van der Waals surface area contributed by atoms with E-state index in [-0.39, 0.29) is 0 Å². The van der Waals surface area contributed by atoms with Crippen molar-refractivity contribution in [2.24, 2.45) is 0 Å². The molecular weight excluding hydrogens is 633 g/mol. The van der Waals surface area contributed by atoms with Crippen molar-refractivity contribution in [1.82, 2.24) is 9.55 Å². The first kappa shape index (κ1) is 29.9. The summed E-state index contributed by atoms with van der Waals surface area (Å²) in [6.45, 7) is 0. The molecule has 10 rings (SSSR count). The summed E-state index contributed by atoms with van der Waals surface area (Å²) in [6.07, 6.45) is 0. The number of fused-ring (bicyclic) bond motifs is 4. The molecule has 10 aromatic rings. The molecule has 244 valence electrons. The molecule has 2 heterocycles. The first-order valence-corrected chi connectivity index (χ1v) is 17.6. The summed E-state index contributed by atoms with van der Waals surface area (Å²) in [7, 11) is 0. The Hall–Kier alpha value is -6.97. The maximum atomic E-state index is 6.28. The third kappa shape index (κ3) is 5.10. The maximum absolute atomic E-state index is 6.28. The molecule has 0 aliphatic carbocycles. The summed E-state index contributed by atoms with van der Waals surface area (Å²) >= 11 is 0. The van der Waals surface area contributed by atoms with Gasteiger partial charge in [0.25, 0.3) is 0 Å². The van der Waals surface area contributed by atoms with E-state index in [1.807, 2.05) is 12.1 Å². The molecule has 3 nitrogen and oxygen atoms in total. The van der Waals surface area contributed by atoms with Gasteiger partial charge < -0.3 is 8.98 Å². The molecule has 0 saturated heterocycles. The Morgan fingerprint density at radius 2 is 0.846 bits per heavy atom. The van der Waals surface area contributed by atoms with Crippen LogP contribution in [0.5, 0.6) is 0 Å². The van der Waals surface area contributed by atoms with Crippen LogP contribution >= 0.6 is 0 Å². The highest BCUT2D eigenvalue weighted by Crippen LogP contribution is 2.40. The first-order valence-electron chi connectivity index (χ1n) is 17.6. The number of rotatable bonds is 6. The highest BCUT2D eigenvalue weighted by molar-refractivity contribution is 6.09. The summed E-state index contributed by atoms with van der Waals surface area (Å²) in [4.78, 5) is 4.81. The Morgan fingerprint density at radius 3 is 1.46 bits per heavy atom. The Bertz CT molecular complexity index is 2830. The normalized spacial score (nSPS) is 11.5. The number of hydrogen-bond donors (Lipinski definition) is 0. The highest BCUT2D eigenvalue weighted by atomic mass is 16.3. The third-order valence-electron chi connectivity index (χ3n) is 10.1. The fraction of sp³-hybridized carbons (Fsp3) is 0. The lowest BCUT2D eigenvalue weighted by Crippen LogP contribution is -1.94. The van der Waals surface area contributed by atoms with Crippen LogP contribution in [-0.4, -0.2) is 9.55 Å². The van der Waals surface area contributed by atoms with Crippen molar-refractivity contribution in [3.8, 4) is 61.6 Å². The molecule has 0 aliphatic rings. The molecule has 0 amide bonds. The van der Waals surface area contributed by atoms with Gasteiger partial charge in [0, 0.05) is 22.0 Å². The predicted octanol–water partition coefficient (Wildman–Crippen LogP) is 13.3. The van der Waals surface area contributed by atoms with Crippen LogP contribution in [0.25, 0.3) is 94.6 Å². The molecule has 2 aromatic heterocycles. The highest BCUT2D eigenvalue weighted by Gasteiger charge is 2.16. The van der Waals surface area contributed by atoms with Crippen LogP contribution in [0.4, 0.5) is 0 Å². The summed E-state index contributed by atoms with van der Waals surface area (Å²) in [5.41, 5.74) is 15.5. The van der Waals surface area contributed by atoms with Gasteiger partial charge in [0.05, 0.1) is 11.0 Å². The Labute approximate surface area is 301 Å². The zero-order valence-electron chi connectivity index (χ0n) is 28.3. The lowest BCUT2D eigenvalue weighted by Gasteiger charge is -2.15. The number of aromatic nitrogens is 2. The smallest absolute Gasteiger partial charge is 0.227 e. The van der Waals surface area contributed by atoms with Crippen LogP contribution in [0.1, 0.15) is 0 Å². The van der Waals surface area contributed by atoms with E-state index in [1.54, 1.807) is 0 Å². The number of oxazole rings is 1. The SMILES string of the molecule is c1ccc(-c2ccc3nc(-c4ccc(-c5ccccc5-c5ccccc5-c5ccc(-n6c7ccccc7c7ccccc76)cc5)cc4)oc3c2)cc1. The molecule has 0 atom stereocenters. The van der Waals surface area contributed by atoms with Crippen molar-refractivity contribution >= 4 is 32.9 Å². The second-order valence-electron chi connectivity index (χ2n) is 13.2. The molecule has 0 unspecified atom stereocenters. The van der Waals surface area contributed by atoms with Gasteiger partial charge in [-0.1, -0.05) is 146 Å². The topological polar surface area (TPSA) is 31.0 Å². The predicted molar refractivity (Wildman–Crippen MR) is 216 cm³/mol. The van der Waals surface area contributed by atoms with Crippen molar-refractivity contribution in [1.29, 1.82) is 0 Å².